The quantitative estimate of drug-likeness (QED) is 0.832. The summed E-state index contributed by atoms with van der Waals surface area (Å²) in [4.78, 5) is 0.721. The molecule has 0 aromatic heterocycles. The second kappa shape index (κ2) is 4.24. The van der Waals surface area contributed by atoms with E-state index >= 15 is 0 Å². The number of nitrogens with two attached hydrogens (primary N) is 1. The highest BCUT2D eigenvalue weighted by atomic mass is 79.9. The standard InChI is InChI=1S/C9H12BrNOS/c1-6(2)13(12)9-4-3-7(10)5-8(9)11/h3-6H,11H2,1-2H3. The number of benzene rings is 1. The van der Waals surface area contributed by atoms with E-state index in [1.165, 1.54) is 0 Å². The van der Waals surface area contributed by atoms with Crippen LogP contribution in [0.2, 0.25) is 0 Å². The van der Waals surface area contributed by atoms with Gasteiger partial charge in [0.1, 0.15) is 0 Å². The van der Waals surface area contributed by atoms with E-state index < -0.39 is 10.8 Å². The highest BCUT2D eigenvalue weighted by molar-refractivity contribution is 9.10. The fourth-order valence-corrected chi connectivity index (χ4v) is 2.34. The molecule has 1 unspecified atom stereocenters. The van der Waals surface area contributed by atoms with Crippen LogP contribution in [0, 0.1) is 0 Å². The molecule has 0 radical (unpaired) electrons. The Balaban J connectivity index is 3.09. The Bertz CT molecular complexity index is 338. The molecule has 0 aliphatic rings. The Morgan fingerprint density at radius 3 is 2.54 bits per heavy atom. The molecule has 0 amide bonds. The van der Waals surface area contributed by atoms with E-state index in [9.17, 15) is 4.21 Å². The van der Waals surface area contributed by atoms with Gasteiger partial charge in [0.15, 0.2) is 0 Å². The fourth-order valence-electron chi connectivity index (χ4n) is 0.956. The molecule has 1 aromatic rings. The summed E-state index contributed by atoms with van der Waals surface area (Å²) in [5.74, 6) is 0. The second-order valence-corrected chi connectivity index (χ2v) is 5.92. The van der Waals surface area contributed by atoms with Gasteiger partial charge in [0.2, 0.25) is 0 Å². The maximum atomic E-state index is 11.7. The summed E-state index contributed by atoms with van der Waals surface area (Å²) in [6, 6.07) is 5.43. The van der Waals surface area contributed by atoms with E-state index in [1.807, 2.05) is 19.9 Å². The summed E-state index contributed by atoms with van der Waals surface area (Å²) in [6.45, 7) is 3.83. The highest BCUT2D eigenvalue weighted by Crippen LogP contribution is 2.23. The molecular formula is C9H12BrNOS. The Kier molecular flexibility index (Phi) is 3.50. The van der Waals surface area contributed by atoms with E-state index in [4.69, 9.17) is 5.73 Å². The van der Waals surface area contributed by atoms with Gasteiger partial charge in [0, 0.05) is 15.4 Å². The van der Waals surface area contributed by atoms with Gasteiger partial charge in [-0.1, -0.05) is 29.8 Å². The molecule has 0 bridgehead atoms. The first-order valence-corrected chi connectivity index (χ1v) is 5.98. The van der Waals surface area contributed by atoms with Crippen LogP contribution in [0.4, 0.5) is 5.69 Å². The zero-order valence-corrected chi connectivity index (χ0v) is 9.98. The molecule has 4 heteroatoms. The predicted molar refractivity (Wildman–Crippen MR) is 60.1 cm³/mol. The Morgan fingerprint density at radius 1 is 1.46 bits per heavy atom. The Hall–Kier alpha value is -0.350. The Labute approximate surface area is 89.1 Å². The first kappa shape index (κ1) is 10.7. The average molecular weight is 262 g/mol. The van der Waals surface area contributed by atoms with Crippen LogP contribution in [-0.2, 0) is 10.8 Å². The van der Waals surface area contributed by atoms with Crippen LogP contribution in [0.25, 0.3) is 0 Å². The minimum atomic E-state index is -1.00. The molecule has 2 N–H and O–H groups in total. The van der Waals surface area contributed by atoms with Gasteiger partial charge in [-0.2, -0.15) is 0 Å². The van der Waals surface area contributed by atoms with E-state index in [0.29, 0.717) is 5.69 Å². The third-order valence-corrected chi connectivity index (χ3v) is 3.77. The predicted octanol–water partition coefficient (Wildman–Crippen LogP) is 2.55. The van der Waals surface area contributed by atoms with Crippen molar-refractivity contribution in [3.05, 3.63) is 22.7 Å². The van der Waals surface area contributed by atoms with Gasteiger partial charge in [-0.05, 0) is 18.2 Å². The summed E-state index contributed by atoms with van der Waals surface area (Å²) in [6.07, 6.45) is 0. The van der Waals surface area contributed by atoms with Gasteiger partial charge in [-0.3, -0.25) is 4.21 Å². The summed E-state index contributed by atoms with van der Waals surface area (Å²) in [5.41, 5.74) is 6.32. The minimum absolute atomic E-state index is 0.100. The van der Waals surface area contributed by atoms with Gasteiger partial charge >= 0.3 is 0 Å². The molecule has 1 atom stereocenters. The third-order valence-electron chi connectivity index (χ3n) is 1.62. The van der Waals surface area contributed by atoms with Crippen molar-refractivity contribution in [1.29, 1.82) is 0 Å². The van der Waals surface area contributed by atoms with Gasteiger partial charge < -0.3 is 5.73 Å². The van der Waals surface area contributed by atoms with Crippen LogP contribution in [0.5, 0.6) is 0 Å². The maximum Gasteiger partial charge on any atom is 0.0620 e. The molecule has 0 spiro atoms. The van der Waals surface area contributed by atoms with Gasteiger partial charge in [-0.15, -0.1) is 0 Å². The molecule has 0 aliphatic heterocycles. The summed E-state index contributed by atoms with van der Waals surface area (Å²) >= 11 is 3.30. The molecule has 0 heterocycles. The van der Waals surface area contributed by atoms with E-state index in [1.54, 1.807) is 12.1 Å². The van der Waals surface area contributed by atoms with Crippen LogP contribution in [-0.4, -0.2) is 9.46 Å². The molecule has 0 fully saturated rings. The van der Waals surface area contributed by atoms with Gasteiger partial charge in [-0.25, -0.2) is 0 Å². The van der Waals surface area contributed by atoms with E-state index in [-0.39, 0.29) is 5.25 Å². The minimum Gasteiger partial charge on any atom is -0.398 e. The molecule has 0 saturated heterocycles. The van der Waals surface area contributed by atoms with Crippen LogP contribution in [0.3, 0.4) is 0 Å². The highest BCUT2D eigenvalue weighted by Gasteiger charge is 2.11. The van der Waals surface area contributed by atoms with Crippen LogP contribution >= 0.6 is 15.9 Å². The number of hydrogen-bond donors (Lipinski definition) is 1. The normalized spacial score (nSPS) is 13.2. The van der Waals surface area contributed by atoms with Crippen LogP contribution in [0.15, 0.2) is 27.6 Å². The number of hydrogen-bond acceptors (Lipinski definition) is 2. The van der Waals surface area contributed by atoms with Gasteiger partial charge in [0.25, 0.3) is 0 Å². The van der Waals surface area contributed by atoms with Crippen molar-refractivity contribution in [2.24, 2.45) is 0 Å². The van der Waals surface area contributed by atoms with Crippen LogP contribution in [0.1, 0.15) is 13.8 Å². The monoisotopic (exact) mass is 261 g/mol. The molecule has 0 aliphatic carbocycles. The van der Waals surface area contributed by atoms with Crippen molar-refractivity contribution in [1.82, 2.24) is 0 Å². The zero-order valence-electron chi connectivity index (χ0n) is 7.58. The maximum absolute atomic E-state index is 11.7. The fraction of sp³-hybridized carbons (Fsp3) is 0.333. The summed E-state index contributed by atoms with van der Waals surface area (Å²) < 4.78 is 12.6. The van der Waals surface area contributed by atoms with E-state index in [0.717, 1.165) is 9.37 Å². The second-order valence-electron chi connectivity index (χ2n) is 3.03. The molecule has 0 saturated carbocycles. The topological polar surface area (TPSA) is 43.1 Å². The molecule has 72 valence electrons. The smallest absolute Gasteiger partial charge is 0.0620 e. The first-order valence-electron chi connectivity index (χ1n) is 3.98. The molecular weight excluding hydrogens is 250 g/mol. The van der Waals surface area contributed by atoms with E-state index in [2.05, 4.69) is 15.9 Å². The number of nitrogen functional groups attached to an aromatic ring is 1. The summed E-state index contributed by atoms with van der Waals surface area (Å²) in [7, 11) is -1.00. The summed E-state index contributed by atoms with van der Waals surface area (Å²) in [5, 5.41) is 0.100. The number of halogens is 1. The molecule has 13 heavy (non-hydrogen) atoms. The van der Waals surface area contributed by atoms with Crippen molar-refractivity contribution < 1.29 is 4.21 Å². The van der Waals surface area contributed by atoms with Crippen molar-refractivity contribution in [3.8, 4) is 0 Å². The first-order chi connectivity index (χ1) is 6.02. The SMILES string of the molecule is CC(C)S(=O)c1ccc(Br)cc1N. The zero-order chi connectivity index (χ0) is 10.0. The Morgan fingerprint density at radius 2 is 2.08 bits per heavy atom. The average Bonchev–Trinajstić information content (AvgIpc) is 2.03. The molecule has 2 nitrogen and oxygen atoms in total. The van der Waals surface area contributed by atoms with Crippen molar-refractivity contribution >= 4 is 32.4 Å². The molecule has 1 aromatic carbocycles. The lowest BCUT2D eigenvalue weighted by Gasteiger charge is -2.08. The lowest BCUT2D eigenvalue weighted by molar-refractivity contribution is 0.677. The van der Waals surface area contributed by atoms with Gasteiger partial charge in [0.05, 0.1) is 15.7 Å². The lowest BCUT2D eigenvalue weighted by Crippen LogP contribution is -2.08. The largest absolute Gasteiger partial charge is 0.398 e. The van der Waals surface area contributed by atoms with Crippen molar-refractivity contribution in [2.75, 3.05) is 5.73 Å². The molecule has 1 rings (SSSR count). The van der Waals surface area contributed by atoms with Crippen molar-refractivity contribution in [3.63, 3.8) is 0 Å². The van der Waals surface area contributed by atoms with Crippen molar-refractivity contribution in [2.45, 2.75) is 24.0 Å². The third kappa shape index (κ3) is 2.54. The number of rotatable bonds is 2. The lowest BCUT2D eigenvalue weighted by atomic mass is 10.3. The number of anilines is 1. The van der Waals surface area contributed by atoms with Crippen LogP contribution < -0.4 is 5.73 Å².